The van der Waals surface area contributed by atoms with E-state index >= 15 is 0 Å². The van der Waals surface area contributed by atoms with E-state index in [0.717, 1.165) is 0 Å². The molecule has 3 aromatic rings. The molecule has 1 aromatic heterocycles. The van der Waals surface area contributed by atoms with E-state index in [9.17, 15) is 9.18 Å². The molecule has 1 unspecified atom stereocenters. The van der Waals surface area contributed by atoms with Gasteiger partial charge in [0.15, 0.2) is 11.6 Å². The molecule has 0 spiro atoms. The number of benzene rings is 2. The van der Waals surface area contributed by atoms with Crippen LogP contribution in [0.5, 0.6) is 11.5 Å². The molecule has 6 heteroatoms. The van der Waals surface area contributed by atoms with Crippen molar-refractivity contribution in [3.05, 3.63) is 78.5 Å². The summed E-state index contributed by atoms with van der Waals surface area (Å²) in [6.45, 7) is 1.82. The first kappa shape index (κ1) is 17.5. The summed E-state index contributed by atoms with van der Waals surface area (Å²) in [4.78, 5) is 14.0. The van der Waals surface area contributed by atoms with Crippen LogP contribution in [0.25, 0.3) is 0 Å². The Morgan fingerprint density at radius 1 is 1.12 bits per heavy atom. The lowest BCUT2D eigenvalue weighted by Gasteiger charge is -2.24. The quantitative estimate of drug-likeness (QED) is 0.664. The van der Waals surface area contributed by atoms with Crippen molar-refractivity contribution in [3.8, 4) is 11.5 Å². The van der Waals surface area contributed by atoms with Crippen LogP contribution < -0.4 is 10.1 Å². The number of halogens is 1. The van der Waals surface area contributed by atoms with Crippen LogP contribution in [0.4, 0.5) is 14.9 Å². The summed E-state index contributed by atoms with van der Waals surface area (Å²) in [5.74, 6) is 0.831. The summed E-state index contributed by atoms with van der Waals surface area (Å²) in [6.07, 6.45) is 1.54. The van der Waals surface area contributed by atoms with E-state index in [4.69, 9.17) is 9.15 Å². The zero-order valence-corrected chi connectivity index (χ0v) is 14.5. The third kappa shape index (κ3) is 3.85. The minimum Gasteiger partial charge on any atom is -0.467 e. The van der Waals surface area contributed by atoms with Crippen LogP contribution in [0, 0.1) is 5.82 Å². The second-order valence-corrected chi connectivity index (χ2v) is 5.76. The molecule has 134 valence electrons. The van der Waals surface area contributed by atoms with Crippen LogP contribution in [0.3, 0.4) is 0 Å². The Morgan fingerprint density at radius 3 is 2.58 bits per heavy atom. The Kier molecular flexibility index (Phi) is 5.22. The molecular formula is C20H19FN2O3. The molecule has 1 heterocycles. The Hall–Kier alpha value is -3.28. The summed E-state index contributed by atoms with van der Waals surface area (Å²) < 4.78 is 25.4. The number of furan rings is 1. The average molecular weight is 354 g/mol. The summed E-state index contributed by atoms with van der Waals surface area (Å²) in [7, 11) is 1.61. The number of nitrogens with zero attached hydrogens (tertiary/aromatic N) is 1. The lowest BCUT2D eigenvalue weighted by atomic mass is 10.2. The maximum absolute atomic E-state index is 14.3. The zero-order chi connectivity index (χ0) is 18.5. The van der Waals surface area contributed by atoms with Gasteiger partial charge in [0, 0.05) is 7.05 Å². The number of urea groups is 1. The van der Waals surface area contributed by atoms with Gasteiger partial charge >= 0.3 is 6.03 Å². The number of rotatable bonds is 5. The zero-order valence-electron chi connectivity index (χ0n) is 14.5. The van der Waals surface area contributed by atoms with Crippen molar-refractivity contribution >= 4 is 11.7 Å². The number of anilines is 1. The topological polar surface area (TPSA) is 54.7 Å². The fraction of sp³-hybridized carbons (Fsp3) is 0.150. The molecule has 0 aliphatic carbocycles. The van der Waals surface area contributed by atoms with Crippen molar-refractivity contribution in [1.29, 1.82) is 0 Å². The number of ether oxygens (including phenoxy) is 1. The highest BCUT2D eigenvalue weighted by atomic mass is 19.1. The van der Waals surface area contributed by atoms with Gasteiger partial charge in [0.25, 0.3) is 0 Å². The van der Waals surface area contributed by atoms with Gasteiger partial charge in [0.05, 0.1) is 12.3 Å². The van der Waals surface area contributed by atoms with Gasteiger partial charge in [0.1, 0.15) is 17.2 Å². The predicted molar refractivity (Wildman–Crippen MR) is 96.8 cm³/mol. The Morgan fingerprint density at radius 2 is 1.88 bits per heavy atom. The van der Waals surface area contributed by atoms with E-state index in [1.165, 1.54) is 17.0 Å². The smallest absolute Gasteiger partial charge is 0.322 e. The summed E-state index contributed by atoms with van der Waals surface area (Å²) in [5, 5.41) is 2.59. The molecule has 1 atom stereocenters. The first-order valence-corrected chi connectivity index (χ1v) is 8.15. The third-order valence-corrected chi connectivity index (χ3v) is 4.03. The standard InChI is InChI=1S/C20H19FN2O3/c1-14(17-12-7-13-25-17)23(2)20(24)22-19-16(21)10-6-11-18(19)26-15-8-4-3-5-9-15/h3-14H,1-2H3,(H,22,24). The van der Waals surface area contributed by atoms with E-state index < -0.39 is 11.8 Å². The molecule has 2 aromatic carbocycles. The Bertz CT molecular complexity index is 866. The second-order valence-electron chi connectivity index (χ2n) is 5.76. The normalized spacial score (nSPS) is 11.7. The van der Waals surface area contributed by atoms with Gasteiger partial charge in [-0.2, -0.15) is 0 Å². The minimum atomic E-state index is -0.578. The third-order valence-electron chi connectivity index (χ3n) is 4.03. The molecule has 0 bridgehead atoms. The fourth-order valence-electron chi connectivity index (χ4n) is 2.42. The van der Waals surface area contributed by atoms with Gasteiger partial charge in [-0.1, -0.05) is 24.3 Å². The number of para-hydroxylation sites is 2. The molecule has 3 rings (SSSR count). The lowest BCUT2D eigenvalue weighted by Crippen LogP contribution is -2.33. The summed E-state index contributed by atoms with van der Waals surface area (Å²) in [6, 6.07) is 16.1. The molecule has 2 amide bonds. The lowest BCUT2D eigenvalue weighted by molar-refractivity contribution is 0.200. The van der Waals surface area contributed by atoms with Crippen molar-refractivity contribution in [2.24, 2.45) is 0 Å². The number of carbonyl (C=O) groups excluding carboxylic acids is 1. The van der Waals surface area contributed by atoms with E-state index in [1.807, 2.05) is 25.1 Å². The fourth-order valence-corrected chi connectivity index (χ4v) is 2.42. The number of hydrogen-bond acceptors (Lipinski definition) is 3. The maximum Gasteiger partial charge on any atom is 0.322 e. The number of nitrogens with one attached hydrogen (secondary N) is 1. The predicted octanol–water partition coefficient (Wildman–Crippen LogP) is 5.44. The van der Waals surface area contributed by atoms with Gasteiger partial charge in [-0.15, -0.1) is 0 Å². The van der Waals surface area contributed by atoms with Crippen LogP contribution in [0.15, 0.2) is 71.3 Å². The van der Waals surface area contributed by atoms with Crippen molar-refractivity contribution in [2.75, 3.05) is 12.4 Å². The van der Waals surface area contributed by atoms with Crippen molar-refractivity contribution < 1.29 is 18.3 Å². The Labute approximate surface area is 151 Å². The van der Waals surface area contributed by atoms with E-state index in [1.54, 1.807) is 43.6 Å². The molecule has 0 aliphatic rings. The van der Waals surface area contributed by atoms with E-state index in [2.05, 4.69) is 5.32 Å². The Balaban J connectivity index is 1.79. The molecule has 0 saturated carbocycles. The van der Waals surface area contributed by atoms with Gasteiger partial charge in [0.2, 0.25) is 0 Å². The van der Waals surface area contributed by atoms with Crippen molar-refractivity contribution in [1.82, 2.24) is 4.90 Å². The average Bonchev–Trinajstić information content (AvgIpc) is 3.19. The van der Waals surface area contributed by atoms with E-state index in [0.29, 0.717) is 11.5 Å². The molecule has 0 saturated heterocycles. The minimum absolute atomic E-state index is 0.0140. The largest absolute Gasteiger partial charge is 0.467 e. The number of amides is 2. The number of carbonyl (C=O) groups is 1. The molecule has 5 nitrogen and oxygen atoms in total. The highest BCUT2D eigenvalue weighted by Crippen LogP contribution is 2.32. The SMILES string of the molecule is CC(c1ccco1)N(C)C(=O)Nc1c(F)cccc1Oc1ccccc1. The van der Waals surface area contributed by atoms with E-state index in [-0.39, 0.29) is 17.5 Å². The van der Waals surface area contributed by atoms with Crippen LogP contribution in [0.2, 0.25) is 0 Å². The maximum atomic E-state index is 14.3. The number of hydrogen-bond donors (Lipinski definition) is 1. The summed E-state index contributed by atoms with van der Waals surface area (Å²) in [5.41, 5.74) is -0.0140. The first-order chi connectivity index (χ1) is 12.6. The van der Waals surface area contributed by atoms with Crippen LogP contribution in [0.1, 0.15) is 18.7 Å². The highest BCUT2D eigenvalue weighted by molar-refractivity contribution is 5.91. The molecule has 1 N–H and O–H groups in total. The second kappa shape index (κ2) is 7.74. The molecule has 26 heavy (non-hydrogen) atoms. The first-order valence-electron chi connectivity index (χ1n) is 8.15. The van der Waals surface area contributed by atoms with Crippen LogP contribution in [-0.2, 0) is 0 Å². The van der Waals surface area contributed by atoms with Crippen LogP contribution >= 0.6 is 0 Å². The van der Waals surface area contributed by atoms with Gasteiger partial charge in [-0.25, -0.2) is 9.18 Å². The molecule has 0 radical (unpaired) electrons. The van der Waals surface area contributed by atoms with Crippen molar-refractivity contribution in [2.45, 2.75) is 13.0 Å². The highest BCUT2D eigenvalue weighted by Gasteiger charge is 2.22. The molecular weight excluding hydrogens is 335 g/mol. The monoisotopic (exact) mass is 354 g/mol. The van der Waals surface area contributed by atoms with Crippen molar-refractivity contribution in [3.63, 3.8) is 0 Å². The molecule has 0 aliphatic heterocycles. The van der Waals surface area contributed by atoms with Gasteiger partial charge in [-0.05, 0) is 43.3 Å². The summed E-state index contributed by atoms with van der Waals surface area (Å²) >= 11 is 0. The molecule has 0 fully saturated rings. The van der Waals surface area contributed by atoms with Crippen LogP contribution in [-0.4, -0.2) is 18.0 Å². The van der Waals surface area contributed by atoms with Gasteiger partial charge in [-0.3, -0.25) is 0 Å². The van der Waals surface area contributed by atoms with Gasteiger partial charge < -0.3 is 19.4 Å².